The monoisotopic (exact) mass is 564 g/mol. The SMILES string of the molecule is COC(=O)C1=C(CN2CCO[C@H](CCCC(C)C(=O)O)C2)NC(c2nccs2)=N[C@H]1c1cccc(F)c1Cl. The van der Waals surface area contributed by atoms with Crippen LogP contribution in [0.5, 0.6) is 0 Å². The van der Waals surface area contributed by atoms with Gasteiger partial charge in [-0.25, -0.2) is 14.2 Å². The molecule has 0 amide bonds. The number of amidine groups is 1. The van der Waals surface area contributed by atoms with Crippen LogP contribution in [0, 0.1) is 11.7 Å². The lowest BCUT2D eigenvalue weighted by molar-refractivity contribution is -0.141. The predicted octanol–water partition coefficient (Wildman–Crippen LogP) is 4.05. The Hall–Kier alpha value is -2.86. The average Bonchev–Trinajstić information content (AvgIpc) is 3.45. The number of carbonyl (C=O) groups excluding carboxylic acids is 1. The van der Waals surface area contributed by atoms with Gasteiger partial charge in [-0.15, -0.1) is 11.3 Å². The molecular weight excluding hydrogens is 535 g/mol. The van der Waals surface area contributed by atoms with Crippen LogP contribution in [0.4, 0.5) is 4.39 Å². The second-order valence-corrected chi connectivity index (χ2v) is 10.5. The Kier molecular flexibility index (Phi) is 9.48. The first-order valence-corrected chi connectivity index (χ1v) is 13.6. The van der Waals surface area contributed by atoms with Gasteiger partial charge >= 0.3 is 11.9 Å². The Morgan fingerprint density at radius 2 is 2.24 bits per heavy atom. The molecule has 1 aromatic carbocycles. The zero-order chi connectivity index (χ0) is 27.2. The van der Waals surface area contributed by atoms with Gasteiger partial charge < -0.3 is 19.9 Å². The third-order valence-electron chi connectivity index (χ3n) is 6.63. The summed E-state index contributed by atoms with van der Waals surface area (Å²) in [5.74, 6) is -1.93. The number of benzene rings is 1. The molecule has 3 heterocycles. The normalized spacial score (nSPS) is 21.0. The fourth-order valence-corrected chi connectivity index (χ4v) is 5.39. The number of nitrogens with one attached hydrogen (secondary N) is 1. The minimum atomic E-state index is -0.893. The molecular formula is C26H30ClFN4O5S. The lowest BCUT2D eigenvalue weighted by Gasteiger charge is -2.35. The Morgan fingerprint density at radius 3 is 2.95 bits per heavy atom. The van der Waals surface area contributed by atoms with Crippen molar-refractivity contribution in [3.63, 3.8) is 0 Å². The Labute approximate surface area is 229 Å². The maximum Gasteiger partial charge on any atom is 0.338 e. The Morgan fingerprint density at radius 1 is 1.42 bits per heavy atom. The molecule has 2 aliphatic rings. The van der Waals surface area contributed by atoms with Crippen LogP contribution in [-0.4, -0.2) is 72.2 Å². The molecule has 1 saturated heterocycles. The molecule has 2 aromatic rings. The summed E-state index contributed by atoms with van der Waals surface area (Å²) in [5.41, 5.74) is 1.17. The van der Waals surface area contributed by atoms with Gasteiger partial charge in [-0.05, 0) is 25.3 Å². The molecule has 0 aliphatic carbocycles. The molecule has 1 aromatic heterocycles. The summed E-state index contributed by atoms with van der Waals surface area (Å²) in [5, 5.41) is 14.7. The molecule has 1 unspecified atom stereocenters. The maximum absolute atomic E-state index is 14.4. The number of aliphatic carboxylic acids is 1. The van der Waals surface area contributed by atoms with E-state index in [2.05, 4.69) is 15.2 Å². The second-order valence-electron chi connectivity index (χ2n) is 9.27. The zero-order valence-corrected chi connectivity index (χ0v) is 22.7. The number of hydrogen-bond donors (Lipinski definition) is 2. The van der Waals surface area contributed by atoms with Crippen molar-refractivity contribution in [3.05, 3.63) is 62.5 Å². The number of carboxylic acid groups (broad SMARTS) is 1. The van der Waals surface area contributed by atoms with Crippen molar-refractivity contribution in [2.75, 3.05) is 33.4 Å². The number of ether oxygens (including phenoxy) is 2. The van der Waals surface area contributed by atoms with Crippen LogP contribution in [0.15, 0.2) is 46.0 Å². The van der Waals surface area contributed by atoms with E-state index in [0.29, 0.717) is 54.8 Å². The van der Waals surface area contributed by atoms with Gasteiger partial charge in [-0.3, -0.25) is 14.7 Å². The van der Waals surface area contributed by atoms with Gasteiger partial charge in [0.15, 0.2) is 10.8 Å². The van der Waals surface area contributed by atoms with Crippen molar-refractivity contribution in [1.29, 1.82) is 0 Å². The van der Waals surface area contributed by atoms with E-state index in [-0.39, 0.29) is 16.7 Å². The van der Waals surface area contributed by atoms with Gasteiger partial charge in [-0.1, -0.05) is 30.7 Å². The van der Waals surface area contributed by atoms with Crippen molar-refractivity contribution in [3.8, 4) is 0 Å². The number of esters is 1. The number of aliphatic imine (C=N–C) groups is 1. The fraction of sp³-hybridized carbons (Fsp3) is 0.462. The van der Waals surface area contributed by atoms with E-state index in [9.17, 15) is 14.0 Å². The van der Waals surface area contributed by atoms with Gasteiger partial charge in [0.2, 0.25) is 0 Å². The molecule has 0 saturated carbocycles. The molecule has 2 N–H and O–H groups in total. The average molecular weight is 565 g/mol. The Balaban J connectivity index is 1.61. The number of carbonyl (C=O) groups is 2. The Bertz CT molecular complexity index is 1220. The van der Waals surface area contributed by atoms with E-state index in [1.807, 2.05) is 5.38 Å². The van der Waals surface area contributed by atoms with Crippen LogP contribution in [0.3, 0.4) is 0 Å². The van der Waals surface area contributed by atoms with Gasteiger partial charge in [0, 0.05) is 42.5 Å². The van der Waals surface area contributed by atoms with Crippen molar-refractivity contribution >= 4 is 40.7 Å². The topological polar surface area (TPSA) is 113 Å². The number of thiazole rings is 1. The molecule has 38 heavy (non-hydrogen) atoms. The van der Waals surface area contributed by atoms with Crippen LogP contribution < -0.4 is 5.32 Å². The molecule has 1 fully saturated rings. The minimum absolute atomic E-state index is 0.0592. The van der Waals surface area contributed by atoms with E-state index < -0.39 is 29.7 Å². The molecule has 204 valence electrons. The molecule has 0 spiro atoms. The number of rotatable bonds is 10. The summed E-state index contributed by atoms with van der Waals surface area (Å²) < 4.78 is 25.5. The summed E-state index contributed by atoms with van der Waals surface area (Å²) in [4.78, 5) is 35.4. The molecule has 9 nitrogen and oxygen atoms in total. The highest BCUT2D eigenvalue weighted by atomic mass is 35.5. The number of nitrogens with zero attached hydrogens (tertiary/aromatic N) is 3. The van der Waals surface area contributed by atoms with Crippen molar-refractivity contribution in [1.82, 2.24) is 15.2 Å². The lowest BCUT2D eigenvalue weighted by Crippen LogP contribution is -2.46. The molecule has 3 atom stereocenters. The number of morpholine rings is 1. The third kappa shape index (κ3) is 6.58. The number of hydrogen-bond acceptors (Lipinski definition) is 9. The number of methoxy groups -OCH3 is 1. The zero-order valence-electron chi connectivity index (χ0n) is 21.2. The summed E-state index contributed by atoms with van der Waals surface area (Å²) in [7, 11) is 1.29. The van der Waals surface area contributed by atoms with Gasteiger partial charge in [0.1, 0.15) is 11.9 Å². The van der Waals surface area contributed by atoms with Crippen LogP contribution in [0.25, 0.3) is 0 Å². The fourth-order valence-electron chi connectivity index (χ4n) is 4.57. The van der Waals surface area contributed by atoms with E-state index in [1.54, 1.807) is 19.2 Å². The standard InChI is InChI=1S/C26H30ClFN4O5S/c1-15(25(33)34)5-3-6-16-13-32(10-11-37-16)14-19-20(26(35)36-2)22(17-7-4-8-18(28)21(17)27)31-23(30-19)24-29-9-12-38-24/h4,7-9,12,15-16,22H,3,5-6,10-11,13-14H2,1-2H3,(H,30,31)(H,33,34)/t15?,16-,22+/m1/s1. The minimum Gasteiger partial charge on any atom is -0.481 e. The van der Waals surface area contributed by atoms with Crippen LogP contribution in [-0.2, 0) is 19.1 Å². The molecule has 2 aliphatic heterocycles. The third-order valence-corrected chi connectivity index (χ3v) is 7.81. The summed E-state index contributed by atoms with van der Waals surface area (Å²) in [6, 6.07) is 3.54. The molecule has 12 heteroatoms. The van der Waals surface area contributed by atoms with Crippen molar-refractivity contribution in [2.24, 2.45) is 10.9 Å². The van der Waals surface area contributed by atoms with Gasteiger partial charge in [0.05, 0.1) is 36.3 Å². The highest BCUT2D eigenvalue weighted by Crippen LogP contribution is 2.37. The summed E-state index contributed by atoms with van der Waals surface area (Å²) >= 11 is 7.73. The highest BCUT2D eigenvalue weighted by molar-refractivity contribution is 7.11. The first-order chi connectivity index (χ1) is 18.3. The molecule has 4 rings (SSSR count). The lowest BCUT2D eigenvalue weighted by atomic mass is 9.95. The van der Waals surface area contributed by atoms with Crippen LogP contribution in [0.2, 0.25) is 5.02 Å². The second kappa shape index (κ2) is 12.8. The van der Waals surface area contributed by atoms with E-state index in [4.69, 9.17) is 31.2 Å². The van der Waals surface area contributed by atoms with Crippen molar-refractivity contribution < 1.29 is 28.6 Å². The smallest absolute Gasteiger partial charge is 0.338 e. The maximum atomic E-state index is 14.4. The van der Waals surface area contributed by atoms with E-state index in [0.717, 1.165) is 12.8 Å². The van der Waals surface area contributed by atoms with E-state index >= 15 is 0 Å². The first-order valence-electron chi connectivity index (χ1n) is 12.3. The summed E-state index contributed by atoms with van der Waals surface area (Å²) in [6.07, 6.45) is 3.65. The molecule has 0 radical (unpaired) electrons. The van der Waals surface area contributed by atoms with Gasteiger partial charge in [0.25, 0.3) is 0 Å². The van der Waals surface area contributed by atoms with Gasteiger partial charge in [-0.2, -0.15) is 0 Å². The number of carboxylic acids is 1. The molecule has 0 bridgehead atoms. The number of aromatic nitrogens is 1. The largest absolute Gasteiger partial charge is 0.481 e. The van der Waals surface area contributed by atoms with Crippen LogP contribution >= 0.6 is 22.9 Å². The van der Waals surface area contributed by atoms with Crippen molar-refractivity contribution in [2.45, 2.75) is 38.3 Å². The van der Waals surface area contributed by atoms with Crippen LogP contribution in [0.1, 0.15) is 42.8 Å². The highest BCUT2D eigenvalue weighted by Gasteiger charge is 2.35. The first kappa shape index (κ1) is 28.2. The number of halogens is 2. The quantitative estimate of drug-likeness (QED) is 0.416. The summed E-state index contributed by atoms with van der Waals surface area (Å²) in [6.45, 7) is 3.82. The van der Waals surface area contributed by atoms with E-state index in [1.165, 1.54) is 30.6 Å². The predicted molar refractivity (Wildman–Crippen MR) is 142 cm³/mol.